The molecule has 0 radical (unpaired) electrons. The zero-order valence-electron chi connectivity index (χ0n) is 10.1. The summed E-state index contributed by atoms with van der Waals surface area (Å²) >= 11 is 0. The molecule has 1 unspecified atom stereocenters. The Bertz CT molecular complexity index is 453. The molecule has 1 atom stereocenters. The average Bonchev–Trinajstić information content (AvgIpc) is 2.82. The number of nitrogens with two attached hydrogens (primary N) is 1. The van der Waals surface area contributed by atoms with Crippen LogP contribution in [0.15, 0.2) is 24.3 Å². The van der Waals surface area contributed by atoms with Crippen LogP contribution in [-0.4, -0.2) is 24.9 Å². The highest BCUT2D eigenvalue weighted by Gasteiger charge is 2.19. The number of para-hydroxylation sites is 1. The summed E-state index contributed by atoms with van der Waals surface area (Å²) in [4.78, 5) is 23.1. The van der Waals surface area contributed by atoms with Gasteiger partial charge in [0.1, 0.15) is 0 Å². The maximum atomic E-state index is 11.9. The van der Waals surface area contributed by atoms with Gasteiger partial charge in [0.25, 0.3) is 5.91 Å². The van der Waals surface area contributed by atoms with Gasteiger partial charge in [-0.1, -0.05) is 12.1 Å². The lowest BCUT2D eigenvalue weighted by atomic mass is 10.0. The van der Waals surface area contributed by atoms with Crippen LogP contribution in [-0.2, 0) is 4.79 Å². The molecule has 1 aliphatic rings. The van der Waals surface area contributed by atoms with E-state index < -0.39 is 5.91 Å². The van der Waals surface area contributed by atoms with Gasteiger partial charge in [0, 0.05) is 6.42 Å². The molecular weight excluding hydrogens is 230 g/mol. The van der Waals surface area contributed by atoms with Crippen molar-refractivity contribution < 1.29 is 9.59 Å². The number of carbonyl (C=O) groups excluding carboxylic acids is 2. The van der Waals surface area contributed by atoms with Crippen LogP contribution in [0.3, 0.4) is 0 Å². The van der Waals surface area contributed by atoms with Crippen LogP contribution in [0.25, 0.3) is 0 Å². The van der Waals surface area contributed by atoms with E-state index in [-0.39, 0.29) is 5.91 Å². The standard InChI is InChI=1S/C13H17N3O2/c14-13(18)10-3-1-2-4-11(10)16-12(17)7-9-5-6-15-8-9/h1-4,9,15H,5-8H2,(H2,14,18)(H,16,17). The summed E-state index contributed by atoms with van der Waals surface area (Å²) in [5.74, 6) is -0.225. The molecule has 1 saturated heterocycles. The first kappa shape index (κ1) is 12.6. The second-order valence-corrected chi connectivity index (χ2v) is 4.52. The lowest BCUT2D eigenvalue weighted by Crippen LogP contribution is -2.21. The number of anilines is 1. The SMILES string of the molecule is NC(=O)c1ccccc1NC(=O)CC1CCNC1. The van der Waals surface area contributed by atoms with E-state index in [1.807, 2.05) is 0 Å². The third-order valence-electron chi connectivity index (χ3n) is 3.10. The van der Waals surface area contributed by atoms with Crippen LogP contribution in [0, 0.1) is 5.92 Å². The Kier molecular flexibility index (Phi) is 3.94. The molecule has 1 aromatic rings. The maximum absolute atomic E-state index is 11.9. The second-order valence-electron chi connectivity index (χ2n) is 4.52. The summed E-state index contributed by atoms with van der Waals surface area (Å²) in [5.41, 5.74) is 6.08. The predicted octanol–water partition coefficient (Wildman–Crippen LogP) is 0.724. The van der Waals surface area contributed by atoms with Gasteiger partial charge in [-0.15, -0.1) is 0 Å². The average molecular weight is 247 g/mol. The van der Waals surface area contributed by atoms with Crippen molar-refractivity contribution in [2.75, 3.05) is 18.4 Å². The number of amides is 2. The summed E-state index contributed by atoms with van der Waals surface area (Å²) in [6.07, 6.45) is 1.49. The van der Waals surface area contributed by atoms with E-state index in [0.717, 1.165) is 19.5 Å². The molecule has 2 amide bonds. The van der Waals surface area contributed by atoms with Crippen molar-refractivity contribution in [1.82, 2.24) is 5.32 Å². The summed E-state index contributed by atoms with van der Waals surface area (Å²) in [5, 5.41) is 5.97. The van der Waals surface area contributed by atoms with E-state index in [9.17, 15) is 9.59 Å². The number of primary amides is 1. The van der Waals surface area contributed by atoms with Crippen LogP contribution in [0.1, 0.15) is 23.2 Å². The molecule has 18 heavy (non-hydrogen) atoms. The minimum atomic E-state index is -0.534. The minimum Gasteiger partial charge on any atom is -0.366 e. The molecule has 2 rings (SSSR count). The zero-order chi connectivity index (χ0) is 13.0. The Labute approximate surface area is 106 Å². The number of nitrogens with one attached hydrogen (secondary N) is 2. The molecule has 1 fully saturated rings. The quantitative estimate of drug-likeness (QED) is 0.733. The van der Waals surface area contributed by atoms with E-state index >= 15 is 0 Å². The predicted molar refractivity (Wildman–Crippen MR) is 69.2 cm³/mol. The van der Waals surface area contributed by atoms with Gasteiger partial charge in [0.2, 0.25) is 5.91 Å². The smallest absolute Gasteiger partial charge is 0.250 e. The van der Waals surface area contributed by atoms with Crippen LogP contribution >= 0.6 is 0 Å². The fourth-order valence-corrected chi connectivity index (χ4v) is 2.16. The highest BCUT2D eigenvalue weighted by molar-refractivity contribution is 6.02. The van der Waals surface area contributed by atoms with Gasteiger partial charge >= 0.3 is 0 Å². The van der Waals surface area contributed by atoms with Gasteiger partial charge in [0.05, 0.1) is 11.3 Å². The van der Waals surface area contributed by atoms with Crippen molar-refractivity contribution in [1.29, 1.82) is 0 Å². The Hall–Kier alpha value is -1.88. The van der Waals surface area contributed by atoms with Crippen LogP contribution < -0.4 is 16.4 Å². The molecule has 0 bridgehead atoms. The Morgan fingerprint density at radius 3 is 2.83 bits per heavy atom. The second kappa shape index (κ2) is 5.64. The first-order chi connectivity index (χ1) is 8.66. The molecule has 0 aliphatic carbocycles. The summed E-state index contributed by atoms with van der Waals surface area (Å²) in [6, 6.07) is 6.77. The van der Waals surface area contributed by atoms with Crippen LogP contribution in [0.5, 0.6) is 0 Å². The Balaban J connectivity index is 2.00. The van der Waals surface area contributed by atoms with E-state index in [2.05, 4.69) is 10.6 Å². The molecular formula is C13H17N3O2. The molecule has 96 valence electrons. The van der Waals surface area contributed by atoms with Gasteiger partial charge in [-0.2, -0.15) is 0 Å². The third kappa shape index (κ3) is 3.07. The van der Waals surface area contributed by atoms with E-state index in [1.54, 1.807) is 24.3 Å². The monoisotopic (exact) mass is 247 g/mol. The lowest BCUT2D eigenvalue weighted by Gasteiger charge is -2.11. The van der Waals surface area contributed by atoms with E-state index in [1.165, 1.54) is 0 Å². The third-order valence-corrected chi connectivity index (χ3v) is 3.10. The normalized spacial score (nSPS) is 18.6. The molecule has 1 aromatic carbocycles. The zero-order valence-corrected chi connectivity index (χ0v) is 10.1. The number of hydrogen-bond acceptors (Lipinski definition) is 3. The van der Waals surface area contributed by atoms with Gasteiger partial charge < -0.3 is 16.4 Å². The number of rotatable bonds is 4. The van der Waals surface area contributed by atoms with Gasteiger partial charge in [-0.3, -0.25) is 9.59 Å². The van der Waals surface area contributed by atoms with Crippen molar-refractivity contribution in [2.24, 2.45) is 11.7 Å². The van der Waals surface area contributed by atoms with Crippen molar-refractivity contribution >= 4 is 17.5 Å². The van der Waals surface area contributed by atoms with Crippen molar-refractivity contribution in [2.45, 2.75) is 12.8 Å². The fraction of sp³-hybridized carbons (Fsp3) is 0.385. The molecule has 0 saturated carbocycles. The lowest BCUT2D eigenvalue weighted by molar-refractivity contribution is -0.116. The first-order valence-corrected chi connectivity index (χ1v) is 6.06. The molecule has 4 N–H and O–H groups in total. The van der Waals surface area contributed by atoms with Gasteiger partial charge in [0.15, 0.2) is 0 Å². The highest BCUT2D eigenvalue weighted by Crippen LogP contribution is 2.17. The van der Waals surface area contributed by atoms with Crippen molar-refractivity contribution in [3.8, 4) is 0 Å². The highest BCUT2D eigenvalue weighted by atomic mass is 16.2. The summed E-state index contributed by atoms with van der Waals surface area (Å²) in [6.45, 7) is 1.85. The molecule has 5 nitrogen and oxygen atoms in total. The number of hydrogen-bond donors (Lipinski definition) is 3. The molecule has 1 heterocycles. The van der Waals surface area contributed by atoms with E-state index in [4.69, 9.17) is 5.73 Å². The first-order valence-electron chi connectivity index (χ1n) is 6.06. The molecule has 0 spiro atoms. The maximum Gasteiger partial charge on any atom is 0.250 e. The largest absolute Gasteiger partial charge is 0.366 e. The number of carbonyl (C=O) groups is 2. The molecule has 1 aliphatic heterocycles. The summed E-state index contributed by atoms with van der Waals surface area (Å²) in [7, 11) is 0. The van der Waals surface area contributed by atoms with Crippen LogP contribution in [0.2, 0.25) is 0 Å². The van der Waals surface area contributed by atoms with Crippen molar-refractivity contribution in [3.63, 3.8) is 0 Å². The molecule has 5 heteroatoms. The summed E-state index contributed by atoms with van der Waals surface area (Å²) < 4.78 is 0. The van der Waals surface area contributed by atoms with Crippen LogP contribution in [0.4, 0.5) is 5.69 Å². The van der Waals surface area contributed by atoms with Gasteiger partial charge in [-0.05, 0) is 37.6 Å². The number of benzene rings is 1. The minimum absolute atomic E-state index is 0.0719. The topological polar surface area (TPSA) is 84.2 Å². The van der Waals surface area contributed by atoms with E-state index in [0.29, 0.717) is 23.6 Å². The fourth-order valence-electron chi connectivity index (χ4n) is 2.16. The van der Waals surface area contributed by atoms with Gasteiger partial charge in [-0.25, -0.2) is 0 Å². The Morgan fingerprint density at radius 1 is 1.39 bits per heavy atom. The molecule has 0 aromatic heterocycles. The Morgan fingerprint density at radius 2 is 2.17 bits per heavy atom. The van der Waals surface area contributed by atoms with Crippen molar-refractivity contribution in [3.05, 3.63) is 29.8 Å².